The summed E-state index contributed by atoms with van der Waals surface area (Å²) in [6.07, 6.45) is 0.874. The third kappa shape index (κ3) is 4.61. The number of hydrogen-bond acceptors (Lipinski definition) is 3. The van der Waals surface area contributed by atoms with Gasteiger partial charge in [0.2, 0.25) is 5.66 Å². The first kappa shape index (κ1) is 19.5. The molecule has 0 aliphatic carbocycles. The van der Waals surface area contributed by atoms with E-state index in [1.54, 1.807) is 0 Å². The van der Waals surface area contributed by atoms with Crippen LogP contribution in [0.1, 0.15) is 50.9 Å². The minimum atomic E-state index is -1.52. The Morgan fingerprint density at radius 2 is 1.44 bits per heavy atom. The zero-order valence-corrected chi connectivity index (χ0v) is 16.5. The zero-order chi connectivity index (χ0) is 18.2. The predicted molar refractivity (Wildman–Crippen MR) is 104 cm³/mol. The van der Waals surface area contributed by atoms with Crippen molar-refractivity contribution in [3.63, 3.8) is 0 Å². The summed E-state index contributed by atoms with van der Waals surface area (Å²) in [6, 6.07) is 15.9. The molecule has 0 N–H and O–H groups in total. The first-order chi connectivity index (χ1) is 12.1. The van der Waals surface area contributed by atoms with Crippen LogP contribution in [0, 0.1) is 0 Å². The van der Waals surface area contributed by atoms with Gasteiger partial charge in [-0.25, -0.2) is 0 Å². The highest BCUT2D eigenvalue weighted by Gasteiger charge is 2.41. The van der Waals surface area contributed by atoms with Gasteiger partial charge in [-0.3, -0.25) is 0 Å². The van der Waals surface area contributed by atoms with E-state index in [0.29, 0.717) is 13.2 Å². The summed E-state index contributed by atoms with van der Waals surface area (Å²) < 4.78 is 25.2. The normalized spacial score (nSPS) is 13.8. The Labute approximate surface area is 152 Å². The number of hydrogen-bond donors (Lipinski definition) is 0. The molecule has 2 aromatic carbocycles. The minimum Gasteiger partial charge on any atom is -0.493 e. The Balaban J connectivity index is 2.66. The van der Waals surface area contributed by atoms with E-state index >= 15 is 0 Å². The van der Waals surface area contributed by atoms with Crippen LogP contribution in [0.3, 0.4) is 0 Å². The van der Waals surface area contributed by atoms with Gasteiger partial charge in [-0.15, -0.1) is 0 Å². The Bertz CT molecular complexity index is 661. The van der Waals surface area contributed by atoms with E-state index in [0.717, 1.165) is 29.0 Å². The second-order valence-corrected chi connectivity index (χ2v) is 8.08. The molecule has 0 aliphatic heterocycles. The van der Waals surface area contributed by atoms with E-state index in [1.807, 2.05) is 62.4 Å². The molecule has 0 fully saturated rings. The van der Waals surface area contributed by atoms with E-state index in [-0.39, 0.29) is 11.3 Å². The molecule has 2 rings (SSSR count). The largest absolute Gasteiger partial charge is 0.493 e. The second-order valence-electron chi connectivity index (χ2n) is 5.96. The fraction of sp³-hybridized carbons (Fsp3) is 0.429. The van der Waals surface area contributed by atoms with Gasteiger partial charge in [0.25, 0.3) is 0 Å². The van der Waals surface area contributed by atoms with Crippen molar-refractivity contribution in [2.45, 2.75) is 45.4 Å². The van der Waals surface area contributed by atoms with Gasteiger partial charge >= 0.3 is 7.80 Å². The molecule has 0 saturated carbocycles. The van der Waals surface area contributed by atoms with Gasteiger partial charge in [-0.05, 0) is 39.3 Å². The number of rotatable bonds is 9. The van der Waals surface area contributed by atoms with Crippen molar-refractivity contribution in [3.05, 3.63) is 59.7 Å². The summed E-state index contributed by atoms with van der Waals surface area (Å²) in [4.78, 5) is 0. The van der Waals surface area contributed by atoms with Crippen molar-refractivity contribution in [2.75, 3.05) is 13.2 Å². The van der Waals surface area contributed by atoms with Gasteiger partial charge in [-0.2, -0.15) is 0 Å². The molecular formula is C21H28O3P+. The maximum Gasteiger partial charge on any atom is 0.354 e. The molecule has 134 valence electrons. The van der Waals surface area contributed by atoms with Gasteiger partial charge in [0, 0.05) is 5.56 Å². The van der Waals surface area contributed by atoms with E-state index in [1.165, 1.54) is 0 Å². The lowest BCUT2D eigenvalue weighted by Crippen LogP contribution is -2.09. The molecule has 2 aromatic rings. The molecule has 0 bridgehead atoms. The molecule has 4 heteroatoms. The van der Waals surface area contributed by atoms with Crippen molar-refractivity contribution in [1.29, 1.82) is 0 Å². The lowest BCUT2D eigenvalue weighted by Gasteiger charge is -2.19. The number of ether oxygens (including phenoxy) is 2. The summed E-state index contributed by atoms with van der Waals surface area (Å²) in [5.41, 5.74) is 1.82. The van der Waals surface area contributed by atoms with Crippen LogP contribution < -0.4 is 9.47 Å². The fourth-order valence-corrected chi connectivity index (χ4v) is 4.71. The van der Waals surface area contributed by atoms with Gasteiger partial charge in [0.15, 0.2) is 5.66 Å². The first-order valence-corrected chi connectivity index (χ1v) is 10.4. The van der Waals surface area contributed by atoms with Gasteiger partial charge in [-0.1, -0.05) is 47.9 Å². The maximum atomic E-state index is 13.4. The van der Waals surface area contributed by atoms with Crippen molar-refractivity contribution in [2.24, 2.45) is 0 Å². The maximum absolute atomic E-state index is 13.4. The van der Waals surface area contributed by atoms with E-state index in [9.17, 15) is 4.57 Å². The third-order valence-electron chi connectivity index (χ3n) is 4.29. The van der Waals surface area contributed by atoms with Crippen molar-refractivity contribution < 1.29 is 14.0 Å². The average molecular weight is 359 g/mol. The van der Waals surface area contributed by atoms with E-state index < -0.39 is 7.80 Å². The van der Waals surface area contributed by atoms with Gasteiger partial charge in [0.05, 0.1) is 18.8 Å². The summed E-state index contributed by atoms with van der Waals surface area (Å²) in [5.74, 6) is 1.52. The minimum absolute atomic E-state index is 0.115. The Kier molecular flexibility index (Phi) is 7.46. The SMILES string of the molecule is CCOc1cccc(OCC)c1C(c1ccccc1)[P+](=O)C(C)CC. The van der Waals surface area contributed by atoms with Crippen LogP contribution in [0.15, 0.2) is 48.5 Å². The highest BCUT2D eigenvalue weighted by molar-refractivity contribution is 7.46. The van der Waals surface area contributed by atoms with Crippen molar-refractivity contribution in [1.82, 2.24) is 0 Å². The molecule has 0 aliphatic rings. The van der Waals surface area contributed by atoms with Crippen LogP contribution in [0.5, 0.6) is 11.5 Å². The first-order valence-electron chi connectivity index (χ1n) is 9.02. The van der Waals surface area contributed by atoms with E-state index in [4.69, 9.17) is 9.47 Å². The molecule has 0 spiro atoms. The molecule has 0 saturated heterocycles. The third-order valence-corrected chi connectivity index (χ3v) is 6.59. The average Bonchev–Trinajstić information content (AvgIpc) is 2.64. The Morgan fingerprint density at radius 3 is 1.92 bits per heavy atom. The van der Waals surface area contributed by atoms with Crippen LogP contribution >= 0.6 is 7.80 Å². The standard InChI is InChI=1S/C21H28O3P/c1-5-16(4)25(22)21(17-12-9-8-10-13-17)20-18(23-6-2)14-11-15-19(20)24-7-3/h8-16,21H,5-7H2,1-4H3/q+1. The molecule has 3 nitrogen and oxygen atoms in total. The molecule has 3 atom stereocenters. The summed E-state index contributed by atoms with van der Waals surface area (Å²) >= 11 is 0. The lowest BCUT2D eigenvalue weighted by molar-refractivity contribution is 0.316. The fourth-order valence-electron chi connectivity index (χ4n) is 2.87. The molecular weight excluding hydrogens is 331 g/mol. The van der Waals surface area contributed by atoms with Crippen LogP contribution in [-0.4, -0.2) is 18.9 Å². The van der Waals surface area contributed by atoms with Crippen molar-refractivity contribution in [3.8, 4) is 11.5 Å². The topological polar surface area (TPSA) is 35.5 Å². The Morgan fingerprint density at radius 1 is 0.880 bits per heavy atom. The summed E-state index contributed by atoms with van der Waals surface area (Å²) in [5, 5.41) is 0. The van der Waals surface area contributed by atoms with Crippen LogP contribution in [0.25, 0.3) is 0 Å². The van der Waals surface area contributed by atoms with Crippen molar-refractivity contribution >= 4 is 7.80 Å². The molecule has 0 aromatic heterocycles. The van der Waals surface area contributed by atoms with Gasteiger partial charge in [0.1, 0.15) is 11.5 Å². The van der Waals surface area contributed by atoms with Crippen LogP contribution in [0.4, 0.5) is 0 Å². The smallest absolute Gasteiger partial charge is 0.354 e. The summed E-state index contributed by atoms with van der Waals surface area (Å²) in [6.45, 7) is 9.18. The molecule has 0 heterocycles. The molecule has 3 unspecified atom stereocenters. The Hall–Kier alpha value is -1.86. The quantitative estimate of drug-likeness (QED) is 0.500. The summed E-state index contributed by atoms with van der Waals surface area (Å²) in [7, 11) is -1.52. The second kappa shape index (κ2) is 9.58. The molecule has 0 radical (unpaired) electrons. The van der Waals surface area contributed by atoms with Crippen LogP contribution in [0.2, 0.25) is 0 Å². The van der Waals surface area contributed by atoms with Gasteiger partial charge < -0.3 is 9.47 Å². The predicted octanol–water partition coefficient (Wildman–Crippen LogP) is 6.20. The monoisotopic (exact) mass is 359 g/mol. The number of benzene rings is 2. The highest BCUT2D eigenvalue weighted by atomic mass is 31.1. The zero-order valence-electron chi connectivity index (χ0n) is 15.6. The lowest BCUT2D eigenvalue weighted by atomic mass is 10.0. The van der Waals surface area contributed by atoms with Crippen LogP contribution in [-0.2, 0) is 4.57 Å². The molecule has 0 amide bonds. The molecule has 25 heavy (non-hydrogen) atoms. The highest BCUT2D eigenvalue weighted by Crippen LogP contribution is 2.54. The van der Waals surface area contributed by atoms with E-state index in [2.05, 4.69) is 13.8 Å².